The van der Waals surface area contributed by atoms with Gasteiger partial charge in [-0.15, -0.1) is 0 Å². The molecule has 0 unspecified atom stereocenters. The Balaban J connectivity index is 2.24. The van der Waals surface area contributed by atoms with Crippen molar-refractivity contribution in [3.63, 3.8) is 0 Å². The van der Waals surface area contributed by atoms with Crippen molar-refractivity contribution in [3.8, 4) is 0 Å². The van der Waals surface area contributed by atoms with Crippen LogP contribution in [0.25, 0.3) is 10.9 Å². The van der Waals surface area contributed by atoms with E-state index in [0.717, 1.165) is 31.7 Å². The summed E-state index contributed by atoms with van der Waals surface area (Å²) in [5.41, 5.74) is -1.06. The van der Waals surface area contributed by atoms with Crippen molar-refractivity contribution in [3.05, 3.63) is 29.5 Å². The van der Waals surface area contributed by atoms with Gasteiger partial charge < -0.3 is 5.11 Å². The van der Waals surface area contributed by atoms with Gasteiger partial charge in [-0.3, -0.25) is 4.68 Å². The Labute approximate surface area is 118 Å². The van der Waals surface area contributed by atoms with Gasteiger partial charge >= 0.3 is 12.1 Å². The summed E-state index contributed by atoms with van der Waals surface area (Å²) in [5, 5.41) is 13.5. The zero-order valence-electron chi connectivity index (χ0n) is 11.0. The quantitative estimate of drug-likeness (QED) is 0.915. The number of carboxylic acid groups (broad SMARTS) is 1. The highest BCUT2D eigenvalue weighted by molar-refractivity contribution is 6.03. The molecule has 0 spiro atoms. The first-order valence-electron chi connectivity index (χ1n) is 6.69. The van der Waals surface area contributed by atoms with E-state index in [1.165, 1.54) is 6.20 Å². The number of fused-ring (bicyclic) bond motifs is 1. The molecule has 7 heteroatoms. The molecule has 2 aromatic rings. The van der Waals surface area contributed by atoms with E-state index in [1.54, 1.807) is 4.68 Å². The van der Waals surface area contributed by atoms with Gasteiger partial charge in [0, 0.05) is 5.39 Å². The van der Waals surface area contributed by atoms with Gasteiger partial charge in [0.2, 0.25) is 0 Å². The molecular weight excluding hydrogens is 285 g/mol. The molecule has 0 atom stereocenters. The van der Waals surface area contributed by atoms with Crippen LogP contribution in [-0.4, -0.2) is 20.9 Å². The lowest BCUT2D eigenvalue weighted by atomic mass is 10.1. The molecule has 0 bridgehead atoms. The Morgan fingerprint density at radius 1 is 1.29 bits per heavy atom. The lowest BCUT2D eigenvalue weighted by Crippen LogP contribution is -2.10. The lowest BCUT2D eigenvalue weighted by Gasteiger charge is -2.13. The molecule has 1 N–H and O–H groups in total. The Kier molecular flexibility index (Phi) is 3.15. The van der Waals surface area contributed by atoms with E-state index < -0.39 is 17.7 Å². The highest BCUT2D eigenvalue weighted by Gasteiger charge is 2.33. The number of nitrogens with zero attached hydrogens (tertiary/aromatic N) is 2. The summed E-state index contributed by atoms with van der Waals surface area (Å²) < 4.78 is 40.4. The Bertz CT molecular complexity index is 700. The van der Waals surface area contributed by atoms with E-state index in [2.05, 4.69) is 5.10 Å². The largest absolute Gasteiger partial charge is 0.478 e. The van der Waals surface area contributed by atoms with Gasteiger partial charge in [0.1, 0.15) is 0 Å². The van der Waals surface area contributed by atoms with Gasteiger partial charge in [0.25, 0.3) is 0 Å². The molecule has 0 amide bonds. The Hall–Kier alpha value is -2.05. The molecule has 1 aliphatic rings. The molecule has 4 nitrogen and oxygen atoms in total. The summed E-state index contributed by atoms with van der Waals surface area (Å²) >= 11 is 0. The minimum atomic E-state index is -4.58. The van der Waals surface area contributed by atoms with Crippen molar-refractivity contribution in [2.75, 3.05) is 0 Å². The second kappa shape index (κ2) is 4.75. The molecule has 1 heterocycles. The summed E-state index contributed by atoms with van der Waals surface area (Å²) in [7, 11) is 0. The minimum Gasteiger partial charge on any atom is -0.478 e. The van der Waals surface area contributed by atoms with E-state index in [-0.39, 0.29) is 22.5 Å². The third kappa shape index (κ3) is 2.36. The van der Waals surface area contributed by atoms with Crippen LogP contribution in [0.15, 0.2) is 18.3 Å². The predicted octanol–water partition coefficient (Wildman–Crippen LogP) is 3.87. The molecule has 3 rings (SSSR count). The highest BCUT2D eigenvalue weighted by Crippen LogP contribution is 2.36. The van der Waals surface area contributed by atoms with Crippen LogP contribution in [0.4, 0.5) is 13.2 Å². The standard InChI is InChI=1S/C14H13F3N2O2/c15-14(16,17)8-5-10(13(20)21)11-7-18-19(12(11)6-8)9-3-1-2-4-9/h5-7,9H,1-4H2,(H,20,21). The molecular formula is C14H13F3N2O2. The van der Waals surface area contributed by atoms with Crippen LogP contribution in [0.5, 0.6) is 0 Å². The maximum Gasteiger partial charge on any atom is 0.416 e. The monoisotopic (exact) mass is 298 g/mol. The van der Waals surface area contributed by atoms with Crippen molar-refractivity contribution >= 4 is 16.9 Å². The smallest absolute Gasteiger partial charge is 0.416 e. The number of rotatable bonds is 2. The number of hydrogen-bond acceptors (Lipinski definition) is 2. The average Bonchev–Trinajstić information content (AvgIpc) is 3.04. The first kappa shape index (κ1) is 13.9. The number of aromatic carboxylic acids is 1. The summed E-state index contributed by atoms with van der Waals surface area (Å²) in [6.45, 7) is 0. The Morgan fingerprint density at radius 2 is 1.95 bits per heavy atom. The zero-order valence-corrected chi connectivity index (χ0v) is 11.0. The van der Waals surface area contributed by atoms with E-state index in [4.69, 9.17) is 5.11 Å². The van der Waals surface area contributed by atoms with Gasteiger partial charge in [0.05, 0.1) is 28.9 Å². The predicted molar refractivity (Wildman–Crippen MR) is 69.2 cm³/mol. The van der Waals surface area contributed by atoms with Gasteiger partial charge in [-0.05, 0) is 25.0 Å². The SMILES string of the molecule is O=C(O)c1cc(C(F)(F)F)cc2c1cnn2C1CCCC1. The van der Waals surface area contributed by atoms with Gasteiger partial charge in [0.15, 0.2) is 0 Å². The van der Waals surface area contributed by atoms with E-state index in [1.807, 2.05) is 0 Å². The molecule has 1 aliphatic carbocycles. The highest BCUT2D eigenvalue weighted by atomic mass is 19.4. The van der Waals surface area contributed by atoms with Crippen molar-refractivity contribution in [1.29, 1.82) is 0 Å². The molecule has 0 saturated heterocycles. The first-order valence-corrected chi connectivity index (χ1v) is 6.69. The van der Waals surface area contributed by atoms with E-state index in [0.29, 0.717) is 6.07 Å². The van der Waals surface area contributed by atoms with Gasteiger partial charge in [-0.1, -0.05) is 12.8 Å². The second-order valence-corrected chi connectivity index (χ2v) is 5.29. The van der Waals surface area contributed by atoms with Crippen LogP contribution in [0.3, 0.4) is 0 Å². The number of carbonyl (C=O) groups is 1. The maximum atomic E-state index is 13.0. The third-order valence-corrected chi connectivity index (χ3v) is 3.94. The van der Waals surface area contributed by atoms with Crippen molar-refractivity contribution in [1.82, 2.24) is 9.78 Å². The van der Waals surface area contributed by atoms with E-state index >= 15 is 0 Å². The van der Waals surface area contributed by atoms with Crippen molar-refractivity contribution in [2.24, 2.45) is 0 Å². The fourth-order valence-corrected chi connectivity index (χ4v) is 2.93. The minimum absolute atomic E-state index is 0.0487. The number of alkyl halides is 3. The van der Waals surface area contributed by atoms with Crippen LogP contribution < -0.4 is 0 Å². The fourth-order valence-electron chi connectivity index (χ4n) is 2.93. The van der Waals surface area contributed by atoms with Gasteiger partial charge in [-0.25, -0.2) is 4.79 Å². The number of carboxylic acids is 1. The second-order valence-electron chi connectivity index (χ2n) is 5.29. The Morgan fingerprint density at radius 3 is 2.52 bits per heavy atom. The molecule has 112 valence electrons. The van der Waals surface area contributed by atoms with Crippen LogP contribution in [-0.2, 0) is 6.18 Å². The molecule has 1 aromatic carbocycles. The fraction of sp³-hybridized carbons (Fsp3) is 0.429. The van der Waals surface area contributed by atoms with E-state index in [9.17, 15) is 18.0 Å². The summed E-state index contributed by atoms with van der Waals surface area (Å²) in [6.07, 6.45) is 0.499. The first-order chi connectivity index (χ1) is 9.88. The maximum absolute atomic E-state index is 13.0. The van der Waals surface area contributed by atoms with Crippen molar-refractivity contribution < 1.29 is 23.1 Å². The summed E-state index contributed by atoms with van der Waals surface area (Å²) in [5.74, 6) is -1.38. The molecule has 1 saturated carbocycles. The third-order valence-electron chi connectivity index (χ3n) is 3.94. The summed E-state index contributed by atoms with van der Waals surface area (Å²) in [4.78, 5) is 11.2. The molecule has 1 fully saturated rings. The zero-order chi connectivity index (χ0) is 15.2. The van der Waals surface area contributed by atoms with Crippen LogP contribution >= 0.6 is 0 Å². The molecule has 0 aliphatic heterocycles. The molecule has 0 radical (unpaired) electrons. The molecule has 1 aromatic heterocycles. The normalized spacial score (nSPS) is 16.7. The number of aromatic nitrogens is 2. The van der Waals surface area contributed by atoms with Crippen molar-refractivity contribution in [2.45, 2.75) is 37.9 Å². The number of benzene rings is 1. The topological polar surface area (TPSA) is 55.1 Å². The summed E-state index contributed by atoms with van der Waals surface area (Å²) in [6, 6.07) is 1.71. The van der Waals surface area contributed by atoms with Crippen LogP contribution in [0.1, 0.15) is 47.6 Å². The number of halogens is 3. The van der Waals surface area contributed by atoms with Crippen LogP contribution in [0, 0.1) is 0 Å². The number of hydrogen-bond donors (Lipinski definition) is 1. The average molecular weight is 298 g/mol. The van der Waals surface area contributed by atoms with Gasteiger partial charge in [-0.2, -0.15) is 18.3 Å². The lowest BCUT2D eigenvalue weighted by molar-refractivity contribution is -0.137. The van der Waals surface area contributed by atoms with Crippen LogP contribution in [0.2, 0.25) is 0 Å². The molecule has 21 heavy (non-hydrogen) atoms.